The molecule has 2 heteroatoms. The molecular formula is C7H16N2. The highest BCUT2D eigenvalue weighted by Crippen LogP contribution is 1.93. The van der Waals surface area contributed by atoms with Crippen LogP contribution < -0.4 is 5.73 Å². The van der Waals surface area contributed by atoms with Gasteiger partial charge in [0.1, 0.15) is 0 Å². The van der Waals surface area contributed by atoms with Crippen molar-refractivity contribution in [3.8, 4) is 0 Å². The molecule has 0 aromatic heterocycles. The van der Waals surface area contributed by atoms with Crippen LogP contribution in [0.3, 0.4) is 0 Å². The van der Waals surface area contributed by atoms with Crippen molar-refractivity contribution in [1.82, 2.24) is 4.90 Å². The second-order valence-electron chi connectivity index (χ2n) is 1.89. The SMILES string of the molecule is CC=C(N)N(CC)CC. The van der Waals surface area contributed by atoms with Crippen LogP contribution in [0.5, 0.6) is 0 Å². The predicted octanol–water partition coefficient (Wildman–Crippen LogP) is 1.15. The molecule has 0 radical (unpaired) electrons. The molecule has 0 heterocycles. The minimum atomic E-state index is 0.875. The fourth-order valence-corrected chi connectivity index (χ4v) is 0.771. The average Bonchev–Trinajstić information content (AvgIpc) is 1.90. The van der Waals surface area contributed by atoms with Crippen LogP contribution in [0, 0.1) is 0 Å². The van der Waals surface area contributed by atoms with E-state index < -0.39 is 0 Å². The quantitative estimate of drug-likeness (QED) is 0.617. The lowest BCUT2D eigenvalue weighted by Gasteiger charge is -2.20. The summed E-state index contributed by atoms with van der Waals surface area (Å²) in [4.78, 5) is 2.11. The molecule has 2 N–H and O–H groups in total. The van der Waals surface area contributed by atoms with E-state index in [-0.39, 0.29) is 0 Å². The molecule has 9 heavy (non-hydrogen) atoms. The van der Waals surface area contributed by atoms with Crippen molar-refractivity contribution in [2.75, 3.05) is 13.1 Å². The molecule has 54 valence electrons. The van der Waals surface area contributed by atoms with Gasteiger partial charge in [0.2, 0.25) is 0 Å². The molecule has 0 fully saturated rings. The van der Waals surface area contributed by atoms with Gasteiger partial charge >= 0.3 is 0 Å². The van der Waals surface area contributed by atoms with E-state index in [0.717, 1.165) is 18.9 Å². The largest absolute Gasteiger partial charge is 0.386 e. The van der Waals surface area contributed by atoms with Gasteiger partial charge in [-0.15, -0.1) is 0 Å². The zero-order valence-corrected chi connectivity index (χ0v) is 6.52. The zero-order chi connectivity index (χ0) is 7.28. The molecule has 0 aliphatic rings. The van der Waals surface area contributed by atoms with Crippen LogP contribution in [0.4, 0.5) is 0 Å². The Hall–Kier alpha value is -0.660. The topological polar surface area (TPSA) is 29.3 Å². The lowest BCUT2D eigenvalue weighted by molar-refractivity contribution is 0.377. The summed E-state index contributed by atoms with van der Waals surface area (Å²) in [6, 6.07) is 0. The van der Waals surface area contributed by atoms with Gasteiger partial charge in [-0.3, -0.25) is 0 Å². The van der Waals surface area contributed by atoms with Crippen LogP contribution >= 0.6 is 0 Å². The van der Waals surface area contributed by atoms with Gasteiger partial charge in [0, 0.05) is 13.1 Å². The first-order valence-electron chi connectivity index (χ1n) is 3.42. The van der Waals surface area contributed by atoms with E-state index in [1.165, 1.54) is 0 Å². The Kier molecular flexibility index (Phi) is 3.93. The number of rotatable bonds is 3. The van der Waals surface area contributed by atoms with Crippen LogP contribution in [0.2, 0.25) is 0 Å². The van der Waals surface area contributed by atoms with Crippen LogP contribution in [0.1, 0.15) is 20.8 Å². The molecule has 0 rings (SSSR count). The third-order valence-corrected chi connectivity index (χ3v) is 1.42. The minimum absolute atomic E-state index is 0.875. The van der Waals surface area contributed by atoms with Crippen molar-refractivity contribution >= 4 is 0 Å². The van der Waals surface area contributed by atoms with E-state index in [2.05, 4.69) is 18.7 Å². The highest BCUT2D eigenvalue weighted by atomic mass is 15.2. The van der Waals surface area contributed by atoms with Crippen molar-refractivity contribution < 1.29 is 0 Å². The van der Waals surface area contributed by atoms with Crippen LogP contribution in [-0.2, 0) is 0 Å². The molecule has 0 aliphatic carbocycles. The van der Waals surface area contributed by atoms with Crippen LogP contribution in [-0.4, -0.2) is 18.0 Å². The highest BCUT2D eigenvalue weighted by molar-refractivity contribution is 4.92. The number of hydrogen-bond acceptors (Lipinski definition) is 2. The lowest BCUT2D eigenvalue weighted by Crippen LogP contribution is -2.26. The number of nitrogens with zero attached hydrogens (tertiary/aromatic N) is 1. The Morgan fingerprint density at radius 3 is 2.00 bits per heavy atom. The standard InChI is InChI=1S/C7H16N2/c1-4-7(8)9(5-2)6-3/h4H,5-6,8H2,1-3H3. The van der Waals surface area contributed by atoms with Crippen molar-refractivity contribution in [3.05, 3.63) is 11.9 Å². The number of hydrogen-bond donors (Lipinski definition) is 1. The second kappa shape index (κ2) is 4.24. The maximum Gasteiger partial charge on any atom is 0.0942 e. The van der Waals surface area contributed by atoms with E-state index in [9.17, 15) is 0 Å². The smallest absolute Gasteiger partial charge is 0.0942 e. The summed E-state index contributed by atoms with van der Waals surface area (Å²) in [5.41, 5.74) is 5.63. The van der Waals surface area contributed by atoms with E-state index in [1.54, 1.807) is 0 Å². The summed E-state index contributed by atoms with van der Waals surface area (Å²) in [6.07, 6.45) is 1.92. The van der Waals surface area contributed by atoms with Gasteiger partial charge in [-0.25, -0.2) is 0 Å². The predicted molar refractivity (Wildman–Crippen MR) is 40.9 cm³/mol. The lowest BCUT2D eigenvalue weighted by atomic mass is 10.5. The summed E-state index contributed by atoms with van der Waals surface area (Å²) in [5, 5.41) is 0. The monoisotopic (exact) mass is 128 g/mol. The summed E-state index contributed by atoms with van der Waals surface area (Å²) >= 11 is 0. The Labute approximate surface area is 57.3 Å². The maximum atomic E-state index is 5.63. The fraction of sp³-hybridized carbons (Fsp3) is 0.714. The van der Waals surface area contributed by atoms with E-state index in [4.69, 9.17) is 5.73 Å². The molecule has 0 spiro atoms. The Morgan fingerprint density at radius 2 is 1.89 bits per heavy atom. The van der Waals surface area contributed by atoms with E-state index in [0.29, 0.717) is 0 Å². The van der Waals surface area contributed by atoms with Crippen molar-refractivity contribution in [2.45, 2.75) is 20.8 Å². The van der Waals surface area contributed by atoms with Gasteiger partial charge in [-0.1, -0.05) is 0 Å². The summed E-state index contributed by atoms with van der Waals surface area (Å²) in [7, 11) is 0. The molecular weight excluding hydrogens is 112 g/mol. The third kappa shape index (κ3) is 2.40. The molecule has 0 amide bonds. The molecule has 0 aromatic rings. The van der Waals surface area contributed by atoms with Gasteiger partial charge < -0.3 is 10.6 Å². The minimum Gasteiger partial charge on any atom is -0.386 e. The third-order valence-electron chi connectivity index (χ3n) is 1.42. The van der Waals surface area contributed by atoms with Gasteiger partial charge in [-0.2, -0.15) is 0 Å². The second-order valence-corrected chi connectivity index (χ2v) is 1.89. The number of allylic oxidation sites excluding steroid dienone is 1. The van der Waals surface area contributed by atoms with Crippen molar-refractivity contribution in [1.29, 1.82) is 0 Å². The normalized spacial score (nSPS) is 11.7. The van der Waals surface area contributed by atoms with Gasteiger partial charge in [0.15, 0.2) is 0 Å². The molecule has 0 bridgehead atoms. The summed E-state index contributed by atoms with van der Waals surface area (Å²) in [6.45, 7) is 8.13. The Morgan fingerprint density at radius 1 is 1.44 bits per heavy atom. The molecule has 0 aromatic carbocycles. The van der Waals surface area contributed by atoms with Gasteiger partial charge in [0.05, 0.1) is 5.82 Å². The summed E-state index contributed by atoms with van der Waals surface area (Å²) < 4.78 is 0. The Balaban J connectivity index is 3.79. The first-order valence-corrected chi connectivity index (χ1v) is 3.42. The van der Waals surface area contributed by atoms with Gasteiger partial charge in [0.25, 0.3) is 0 Å². The average molecular weight is 128 g/mol. The van der Waals surface area contributed by atoms with E-state index in [1.807, 2.05) is 13.0 Å². The molecule has 0 atom stereocenters. The van der Waals surface area contributed by atoms with Crippen molar-refractivity contribution in [3.63, 3.8) is 0 Å². The maximum absolute atomic E-state index is 5.63. The highest BCUT2D eigenvalue weighted by Gasteiger charge is 1.95. The fourth-order valence-electron chi connectivity index (χ4n) is 0.771. The molecule has 0 aliphatic heterocycles. The van der Waals surface area contributed by atoms with Gasteiger partial charge in [-0.05, 0) is 26.8 Å². The molecule has 0 saturated carbocycles. The Bertz CT molecular complexity index is 93.1. The first-order chi connectivity index (χ1) is 4.26. The first kappa shape index (κ1) is 8.34. The molecule has 0 saturated heterocycles. The van der Waals surface area contributed by atoms with Crippen LogP contribution in [0.15, 0.2) is 11.9 Å². The van der Waals surface area contributed by atoms with Crippen LogP contribution in [0.25, 0.3) is 0 Å². The molecule has 2 nitrogen and oxygen atoms in total. The number of nitrogens with two attached hydrogens (primary N) is 1. The molecule has 0 unspecified atom stereocenters. The zero-order valence-electron chi connectivity index (χ0n) is 6.52. The van der Waals surface area contributed by atoms with Crippen molar-refractivity contribution in [2.24, 2.45) is 5.73 Å². The van der Waals surface area contributed by atoms with E-state index >= 15 is 0 Å². The summed E-state index contributed by atoms with van der Waals surface area (Å²) in [5.74, 6) is 0.875.